The molecule has 2 aromatic rings. The van der Waals surface area contributed by atoms with Gasteiger partial charge in [-0.15, -0.1) is 0 Å². The van der Waals surface area contributed by atoms with E-state index >= 15 is 0 Å². The fourth-order valence-corrected chi connectivity index (χ4v) is 4.25. The van der Waals surface area contributed by atoms with E-state index in [0.717, 1.165) is 17.4 Å². The minimum Gasteiger partial charge on any atom is -0.480 e. The second-order valence-corrected chi connectivity index (χ2v) is 8.50. The van der Waals surface area contributed by atoms with Crippen molar-refractivity contribution in [2.24, 2.45) is 0 Å². The summed E-state index contributed by atoms with van der Waals surface area (Å²) in [6, 6.07) is 10.9. The van der Waals surface area contributed by atoms with Crippen molar-refractivity contribution in [1.29, 1.82) is 0 Å². The van der Waals surface area contributed by atoms with Crippen LogP contribution < -0.4 is 0 Å². The number of carbonyl (C=O) groups excluding carboxylic acids is 1. The maximum absolute atomic E-state index is 13.0. The number of aryl methyl sites for hydroxylation is 1. The van der Waals surface area contributed by atoms with E-state index in [4.69, 9.17) is 0 Å². The van der Waals surface area contributed by atoms with Crippen molar-refractivity contribution >= 4 is 21.7 Å². The standard InChI is InChI=1S/C19H19NO5S/c1-12-7-8-14(10-17(12)26(2,24)25)18(21)20-11-15-6-4-3-5-13(15)9-16(20)19(22)23/h3-8,10,16H,9,11H2,1-2H3,(H,22,23). The third-order valence-electron chi connectivity index (χ3n) is 4.63. The summed E-state index contributed by atoms with van der Waals surface area (Å²) in [5.74, 6) is -1.57. The Kier molecular flexibility index (Phi) is 4.58. The second-order valence-electron chi connectivity index (χ2n) is 6.51. The number of rotatable bonds is 3. The molecule has 0 spiro atoms. The number of hydrogen-bond acceptors (Lipinski definition) is 4. The van der Waals surface area contributed by atoms with Crippen molar-refractivity contribution in [2.75, 3.05) is 6.26 Å². The number of benzene rings is 2. The third kappa shape index (κ3) is 3.35. The summed E-state index contributed by atoms with van der Waals surface area (Å²) in [7, 11) is -3.49. The quantitative estimate of drug-likeness (QED) is 0.889. The summed E-state index contributed by atoms with van der Waals surface area (Å²) in [6.45, 7) is 1.83. The molecule has 0 saturated heterocycles. The summed E-state index contributed by atoms with van der Waals surface area (Å²) in [6.07, 6.45) is 1.31. The molecule has 7 heteroatoms. The first-order valence-corrected chi connectivity index (χ1v) is 9.99. The van der Waals surface area contributed by atoms with Gasteiger partial charge in [0.2, 0.25) is 0 Å². The number of aliphatic carboxylic acids is 1. The van der Waals surface area contributed by atoms with Crippen molar-refractivity contribution < 1.29 is 23.1 Å². The van der Waals surface area contributed by atoms with Gasteiger partial charge < -0.3 is 10.0 Å². The average Bonchev–Trinajstić information content (AvgIpc) is 2.59. The van der Waals surface area contributed by atoms with E-state index in [1.165, 1.54) is 17.0 Å². The Labute approximate surface area is 152 Å². The van der Waals surface area contributed by atoms with Crippen LogP contribution in [0.15, 0.2) is 47.4 Å². The van der Waals surface area contributed by atoms with E-state index in [9.17, 15) is 23.1 Å². The molecule has 0 radical (unpaired) electrons. The number of carbonyl (C=O) groups is 2. The highest BCUT2D eigenvalue weighted by Gasteiger charge is 2.35. The zero-order valence-corrected chi connectivity index (χ0v) is 15.3. The highest BCUT2D eigenvalue weighted by atomic mass is 32.2. The number of carboxylic acid groups (broad SMARTS) is 1. The van der Waals surface area contributed by atoms with E-state index in [1.54, 1.807) is 13.0 Å². The van der Waals surface area contributed by atoms with Gasteiger partial charge in [0.05, 0.1) is 4.90 Å². The van der Waals surface area contributed by atoms with Gasteiger partial charge in [-0.25, -0.2) is 13.2 Å². The summed E-state index contributed by atoms with van der Waals surface area (Å²) >= 11 is 0. The molecule has 3 rings (SSSR count). The lowest BCUT2D eigenvalue weighted by Crippen LogP contribution is -2.48. The first-order chi connectivity index (χ1) is 12.2. The highest BCUT2D eigenvalue weighted by Crippen LogP contribution is 2.26. The van der Waals surface area contributed by atoms with Gasteiger partial charge in [-0.3, -0.25) is 4.79 Å². The normalized spacial score (nSPS) is 16.8. The van der Waals surface area contributed by atoms with Crippen molar-refractivity contribution in [3.05, 3.63) is 64.7 Å². The summed E-state index contributed by atoms with van der Waals surface area (Å²) in [5.41, 5.74) is 2.52. The molecular weight excluding hydrogens is 354 g/mol. The Hall–Kier alpha value is -2.67. The Bertz CT molecular complexity index is 997. The van der Waals surface area contributed by atoms with Gasteiger partial charge in [-0.05, 0) is 35.7 Å². The largest absolute Gasteiger partial charge is 0.480 e. The molecule has 0 fully saturated rings. The monoisotopic (exact) mass is 373 g/mol. The van der Waals surface area contributed by atoms with Crippen LogP contribution in [0.5, 0.6) is 0 Å². The predicted molar refractivity (Wildman–Crippen MR) is 95.7 cm³/mol. The molecule has 6 nitrogen and oxygen atoms in total. The molecule has 1 aliphatic rings. The van der Waals surface area contributed by atoms with Crippen molar-refractivity contribution in [1.82, 2.24) is 4.90 Å². The van der Waals surface area contributed by atoms with Crippen LogP contribution in [0.25, 0.3) is 0 Å². The smallest absolute Gasteiger partial charge is 0.326 e. The molecule has 0 aliphatic carbocycles. The zero-order chi connectivity index (χ0) is 19.1. The lowest BCUT2D eigenvalue weighted by atomic mass is 9.93. The van der Waals surface area contributed by atoms with Crippen LogP contribution in [0.4, 0.5) is 0 Å². The molecule has 136 valence electrons. The van der Waals surface area contributed by atoms with Gasteiger partial charge in [0.1, 0.15) is 6.04 Å². The number of carboxylic acids is 1. The van der Waals surface area contributed by atoms with Crippen LogP contribution in [-0.4, -0.2) is 42.6 Å². The lowest BCUT2D eigenvalue weighted by molar-refractivity contribution is -0.142. The second kappa shape index (κ2) is 6.57. The number of hydrogen-bond donors (Lipinski definition) is 1. The van der Waals surface area contributed by atoms with Gasteiger partial charge >= 0.3 is 5.97 Å². The average molecular weight is 373 g/mol. The van der Waals surface area contributed by atoms with Crippen LogP contribution in [0.2, 0.25) is 0 Å². The van der Waals surface area contributed by atoms with Gasteiger partial charge in [-0.2, -0.15) is 0 Å². The van der Waals surface area contributed by atoms with Crippen LogP contribution >= 0.6 is 0 Å². The molecule has 0 bridgehead atoms. The minimum atomic E-state index is -3.49. The van der Waals surface area contributed by atoms with E-state index < -0.39 is 27.8 Å². The molecule has 1 unspecified atom stereocenters. The molecule has 0 aromatic heterocycles. The molecule has 1 aliphatic heterocycles. The van der Waals surface area contributed by atoms with Crippen molar-refractivity contribution in [3.63, 3.8) is 0 Å². The zero-order valence-electron chi connectivity index (χ0n) is 14.5. The van der Waals surface area contributed by atoms with Gasteiger partial charge in [0.15, 0.2) is 9.84 Å². The Morgan fingerprint density at radius 2 is 1.77 bits per heavy atom. The summed E-state index contributed by atoms with van der Waals surface area (Å²) in [4.78, 5) is 26.1. The molecule has 1 amide bonds. The van der Waals surface area contributed by atoms with Gasteiger partial charge in [0.25, 0.3) is 5.91 Å². The highest BCUT2D eigenvalue weighted by molar-refractivity contribution is 7.90. The first kappa shape index (κ1) is 18.1. The summed E-state index contributed by atoms with van der Waals surface area (Å²) < 4.78 is 23.8. The van der Waals surface area contributed by atoms with Gasteiger partial charge in [0, 0.05) is 24.8 Å². The maximum atomic E-state index is 13.0. The molecule has 1 N–H and O–H groups in total. The Morgan fingerprint density at radius 1 is 1.12 bits per heavy atom. The van der Waals surface area contributed by atoms with Crippen LogP contribution in [0.3, 0.4) is 0 Å². The Morgan fingerprint density at radius 3 is 2.38 bits per heavy atom. The molecule has 1 heterocycles. The van der Waals surface area contributed by atoms with E-state index in [0.29, 0.717) is 5.56 Å². The number of amides is 1. The molecule has 2 aromatic carbocycles. The van der Waals surface area contributed by atoms with Crippen molar-refractivity contribution in [2.45, 2.75) is 30.8 Å². The van der Waals surface area contributed by atoms with E-state index in [-0.39, 0.29) is 23.4 Å². The fourth-order valence-electron chi connectivity index (χ4n) is 3.26. The molecular formula is C19H19NO5S. The van der Waals surface area contributed by atoms with Crippen LogP contribution in [0.1, 0.15) is 27.0 Å². The van der Waals surface area contributed by atoms with E-state index in [2.05, 4.69) is 0 Å². The molecule has 26 heavy (non-hydrogen) atoms. The van der Waals surface area contributed by atoms with Crippen LogP contribution in [-0.2, 0) is 27.6 Å². The number of sulfone groups is 1. The SMILES string of the molecule is Cc1ccc(C(=O)N2Cc3ccccc3CC2C(=O)O)cc1S(C)(=O)=O. The van der Waals surface area contributed by atoms with Crippen LogP contribution in [0, 0.1) is 6.92 Å². The van der Waals surface area contributed by atoms with E-state index in [1.807, 2.05) is 24.3 Å². The first-order valence-electron chi connectivity index (χ1n) is 8.10. The Balaban J connectivity index is 2.02. The number of fused-ring (bicyclic) bond motifs is 1. The summed E-state index contributed by atoms with van der Waals surface area (Å²) in [5, 5.41) is 9.57. The van der Waals surface area contributed by atoms with Crippen molar-refractivity contribution in [3.8, 4) is 0 Å². The molecule has 1 atom stereocenters. The number of nitrogens with zero attached hydrogens (tertiary/aromatic N) is 1. The van der Waals surface area contributed by atoms with Gasteiger partial charge in [-0.1, -0.05) is 30.3 Å². The minimum absolute atomic E-state index is 0.0765. The third-order valence-corrected chi connectivity index (χ3v) is 5.87. The topological polar surface area (TPSA) is 91.8 Å². The maximum Gasteiger partial charge on any atom is 0.326 e. The lowest BCUT2D eigenvalue weighted by Gasteiger charge is -2.34. The molecule has 0 saturated carbocycles. The predicted octanol–water partition coefficient (Wildman–Crippen LogP) is 2.05. The fraction of sp³-hybridized carbons (Fsp3) is 0.263.